The minimum atomic E-state index is -1.08. The number of hydrogen-bond donors (Lipinski definition) is 1. The second kappa shape index (κ2) is 4.24. The molecule has 1 heterocycles. The third kappa shape index (κ3) is 2.58. The van der Waals surface area contributed by atoms with Gasteiger partial charge in [-0.1, -0.05) is 0 Å². The van der Waals surface area contributed by atoms with Crippen molar-refractivity contribution in [3.05, 3.63) is 12.3 Å². The number of carbonyl (C=O) groups is 2. The van der Waals surface area contributed by atoms with Crippen molar-refractivity contribution < 1.29 is 19.1 Å². The van der Waals surface area contributed by atoms with E-state index in [0.717, 1.165) is 0 Å². The summed E-state index contributed by atoms with van der Waals surface area (Å²) in [5.41, 5.74) is 0. The molecule has 0 spiro atoms. The number of nitrogens with zero attached hydrogens (tertiary/aromatic N) is 1. The van der Waals surface area contributed by atoms with E-state index in [0.29, 0.717) is 0 Å². The van der Waals surface area contributed by atoms with E-state index in [4.69, 9.17) is 0 Å². The van der Waals surface area contributed by atoms with Crippen molar-refractivity contribution in [3.63, 3.8) is 0 Å². The van der Waals surface area contributed by atoms with Crippen LogP contribution in [0, 0.1) is 0 Å². The summed E-state index contributed by atoms with van der Waals surface area (Å²) in [7, 11) is 0. The first-order valence-corrected chi connectivity index (χ1v) is 3.62. The summed E-state index contributed by atoms with van der Waals surface area (Å²) < 4.78 is 8.91. The first-order valence-electron chi connectivity index (χ1n) is 3.62. The van der Waals surface area contributed by atoms with Crippen LogP contribution in [0.4, 0.5) is 0 Å². The Morgan fingerprint density at radius 1 is 1.54 bits per heavy atom. The molecule has 1 aromatic rings. The minimum absolute atomic E-state index is 0.0399. The molecule has 1 N–H and O–H groups in total. The lowest BCUT2D eigenvalue weighted by Gasteiger charge is -1.99. The van der Waals surface area contributed by atoms with Gasteiger partial charge in [0, 0.05) is 12.3 Å². The number of aromatic amines is 1. The summed E-state index contributed by atoms with van der Waals surface area (Å²) in [6, 6.07) is 1.41. The minimum Gasteiger partial charge on any atom is -0.458 e. The maximum atomic E-state index is 10.8. The topological polar surface area (TPSA) is 81.3 Å². The number of nitrogens with one attached hydrogen (secondary N) is 1. The first kappa shape index (κ1) is 9.24. The van der Waals surface area contributed by atoms with Gasteiger partial charge in [0.25, 0.3) is 0 Å². The number of esters is 2. The second-order valence-corrected chi connectivity index (χ2v) is 2.02. The Morgan fingerprint density at radius 3 is 2.85 bits per heavy atom. The standard InChI is InChI=1S/C7H8N2O4/c1-2-12-6(10)7(11)13-5-3-4-8-9-5/h3-4H,2H2,1H3,(H,8,9). The molecule has 0 unspecified atom stereocenters. The van der Waals surface area contributed by atoms with Crippen molar-refractivity contribution in [2.75, 3.05) is 6.61 Å². The van der Waals surface area contributed by atoms with Gasteiger partial charge in [0.05, 0.1) is 6.61 Å². The molecule has 0 aliphatic heterocycles. The lowest BCUT2D eigenvalue weighted by atomic mass is 10.6. The van der Waals surface area contributed by atoms with Gasteiger partial charge in [0.1, 0.15) is 0 Å². The van der Waals surface area contributed by atoms with E-state index in [2.05, 4.69) is 19.7 Å². The summed E-state index contributed by atoms with van der Waals surface area (Å²) in [6.45, 7) is 1.73. The third-order valence-corrected chi connectivity index (χ3v) is 1.11. The smallest absolute Gasteiger partial charge is 0.424 e. The molecule has 6 nitrogen and oxygen atoms in total. The molecule has 0 fully saturated rings. The van der Waals surface area contributed by atoms with E-state index in [9.17, 15) is 9.59 Å². The predicted molar refractivity (Wildman–Crippen MR) is 40.9 cm³/mol. The fourth-order valence-electron chi connectivity index (χ4n) is 0.630. The Hall–Kier alpha value is -1.85. The number of ether oxygens (including phenoxy) is 2. The Bertz CT molecular complexity index is 293. The first-order chi connectivity index (χ1) is 6.24. The van der Waals surface area contributed by atoms with Crippen molar-refractivity contribution in [2.45, 2.75) is 6.92 Å². The van der Waals surface area contributed by atoms with Gasteiger partial charge in [0.2, 0.25) is 5.88 Å². The Kier molecular flexibility index (Phi) is 3.02. The summed E-state index contributed by atoms with van der Waals surface area (Å²) in [4.78, 5) is 21.6. The van der Waals surface area contributed by atoms with E-state index in [-0.39, 0.29) is 12.5 Å². The molecule has 0 aliphatic carbocycles. The molecule has 70 valence electrons. The summed E-state index contributed by atoms with van der Waals surface area (Å²) >= 11 is 0. The van der Waals surface area contributed by atoms with Crippen LogP contribution in [0.3, 0.4) is 0 Å². The van der Waals surface area contributed by atoms with Gasteiger partial charge >= 0.3 is 11.9 Å². The number of carbonyl (C=O) groups excluding carboxylic acids is 2. The maximum absolute atomic E-state index is 10.8. The van der Waals surface area contributed by atoms with Gasteiger partial charge in [-0.05, 0) is 6.92 Å². The molecule has 0 aromatic carbocycles. The summed E-state index contributed by atoms with van der Waals surface area (Å²) in [6.07, 6.45) is 1.47. The SMILES string of the molecule is CCOC(=O)C(=O)Oc1cc[nH]n1. The second-order valence-electron chi connectivity index (χ2n) is 2.02. The third-order valence-electron chi connectivity index (χ3n) is 1.11. The molecule has 0 saturated heterocycles. The van der Waals surface area contributed by atoms with Crippen molar-refractivity contribution in [3.8, 4) is 5.88 Å². The van der Waals surface area contributed by atoms with Gasteiger partial charge in [-0.25, -0.2) is 9.59 Å². The van der Waals surface area contributed by atoms with Crippen LogP contribution in [0.2, 0.25) is 0 Å². The largest absolute Gasteiger partial charge is 0.458 e. The van der Waals surface area contributed by atoms with Crippen molar-refractivity contribution in [1.82, 2.24) is 10.2 Å². The number of rotatable bonds is 2. The highest BCUT2D eigenvalue weighted by Crippen LogP contribution is 2.02. The van der Waals surface area contributed by atoms with Crippen LogP contribution in [0.25, 0.3) is 0 Å². The van der Waals surface area contributed by atoms with Crippen LogP contribution in [0.1, 0.15) is 6.92 Å². The van der Waals surface area contributed by atoms with Crippen molar-refractivity contribution in [1.29, 1.82) is 0 Å². The molecule has 0 saturated carbocycles. The monoisotopic (exact) mass is 184 g/mol. The fraction of sp³-hybridized carbons (Fsp3) is 0.286. The molecular weight excluding hydrogens is 176 g/mol. The zero-order valence-electron chi connectivity index (χ0n) is 6.94. The van der Waals surface area contributed by atoms with Crippen molar-refractivity contribution >= 4 is 11.9 Å². The number of H-pyrrole nitrogens is 1. The van der Waals surface area contributed by atoms with Crippen molar-refractivity contribution in [2.24, 2.45) is 0 Å². The van der Waals surface area contributed by atoms with E-state index in [1.54, 1.807) is 6.92 Å². The Labute approximate surface area is 73.8 Å². The summed E-state index contributed by atoms with van der Waals surface area (Å²) in [5, 5.41) is 5.95. The fourth-order valence-corrected chi connectivity index (χ4v) is 0.630. The van der Waals surface area contributed by atoms with E-state index in [1.807, 2.05) is 0 Å². The number of hydrogen-bond acceptors (Lipinski definition) is 5. The molecule has 1 rings (SSSR count). The molecule has 0 atom stereocenters. The average molecular weight is 184 g/mol. The lowest BCUT2D eigenvalue weighted by molar-refractivity contribution is -0.162. The highest BCUT2D eigenvalue weighted by Gasteiger charge is 2.17. The highest BCUT2D eigenvalue weighted by molar-refractivity contribution is 6.30. The van der Waals surface area contributed by atoms with E-state index >= 15 is 0 Å². The van der Waals surface area contributed by atoms with Gasteiger partial charge < -0.3 is 9.47 Å². The molecular formula is C7H8N2O4. The molecule has 1 aromatic heterocycles. The van der Waals surface area contributed by atoms with Crippen LogP contribution in [0.15, 0.2) is 12.3 Å². The quantitative estimate of drug-likeness (QED) is 0.511. The van der Waals surface area contributed by atoms with Gasteiger partial charge in [0.15, 0.2) is 0 Å². The maximum Gasteiger partial charge on any atom is 0.424 e. The molecule has 0 radical (unpaired) electrons. The molecule has 0 aliphatic rings. The van der Waals surface area contributed by atoms with Crippen LogP contribution >= 0.6 is 0 Å². The van der Waals surface area contributed by atoms with Crippen LogP contribution < -0.4 is 4.74 Å². The zero-order valence-corrected chi connectivity index (χ0v) is 6.94. The Morgan fingerprint density at radius 2 is 2.31 bits per heavy atom. The highest BCUT2D eigenvalue weighted by atomic mass is 16.6. The van der Waals surface area contributed by atoms with Crippen LogP contribution in [-0.2, 0) is 14.3 Å². The number of aromatic nitrogens is 2. The summed E-state index contributed by atoms with van der Waals surface area (Å²) in [5.74, 6) is -2.06. The average Bonchev–Trinajstić information content (AvgIpc) is 2.57. The van der Waals surface area contributed by atoms with E-state index < -0.39 is 11.9 Å². The molecule has 0 bridgehead atoms. The molecule has 0 amide bonds. The van der Waals surface area contributed by atoms with Crippen LogP contribution in [0.5, 0.6) is 5.88 Å². The molecule has 13 heavy (non-hydrogen) atoms. The van der Waals surface area contributed by atoms with Gasteiger partial charge in [-0.3, -0.25) is 5.10 Å². The van der Waals surface area contributed by atoms with E-state index in [1.165, 1.54) is 12.3 Å². The predicted octanol–water partition coefficient (Wildman–Crippen LogP) is -0.122. The van der Waals surface area contributed by atoms with Crippen LogP contribution in [-0.4, -0.2) is 28.7 Å². The van der Waals surface area contributed by atoms with Gasteiger partial charge in [-0.2, -0.15) is 0 Å². The lowest BCUT2D eigenvalue weighted by Crippen LogP contribution is -2.22. The van der Waals surface area contributed by atoms with Gasteiger partial charge in [-0.15, -0.1) is 5.10 Å². The Balaban J connectivity index is 2.46. The molecule has 6 heteroatoms. The normalized spacial score (nSPS) is 9.31. The zero-order chi connectivity index (χ0) is 9.68.